The van der Waals surface area contributed by atoms with E-state index in [0.717, 1.165) is 18.7 Å². The molecular weight excluding hydrogens is 234 g/mol. The Balaban J connectivity index is 2.23. The van der Waals surface area contributed by atoms with Crippen molar-refractivity contribution in [3.8, 4) is 0 Å². The lowest BCUT2D eigenvalue weighted by molar-refractivity contribution is -0.116. The monoisotopic (exact) mass is 243 g/mol. The van der Waals surface area contributed by atoms with Crippen LogP contribution in [0.2, 0.25) is 0 Å². The summed E-state index contributed by atoms with van der Waals surface area (Å²) in [6, 6.07) is 0. The molecule has 1 amide bonds. The molecule has 0 N–H and O–H groups in total. The average Bonchev–Trinajstić information content (AvgIpc) is 2.62. The first-order valence-electron chi connectivity index (χ1n) is 4.12. The predicted molar refractivity (Wildman–Crippen MR) is 52.9 cm³/mol. The first-order chi connectivity index (χ1) is 6.18. The minimum Gasteiger partial charge on any atom is -0.308 e. The van der Waals surface area contributed by atoms with Crippen molar-refractivity contribution in [3.63, 3.8) is 0 Å². The van der Waals surface area contributed by atoms with Crippen molar-refractivity contribution in [1.82, 2.24) is 9.78 Å². The van der Waals surface area contributed by atoms with Crippen LogP contribution in [0.4, 0.5) is 5.69 Å². The van der Waals surface area contributed by atoms with E-state index in [1.165, 1.54) is 0 Å². The summed E-state index contributed by atoms with van der Waals surface area (Å²) in [5, 5.41) is 4.03. The van der Waals surface area contributed by atoms with Crippen molar-refractivity contribution in [1.29, 1.82) is 0 Å². The second-order valence-corrected chi connectivity index (χ2v) is 4.22. The molecule has 2 heterocycles. The Morgan fingerprint density at radius 2 is 2.46 bits per heavy atom. The van der Waals surface area contributed by atoms with Crippen LogP contribution in [-0.4, -0.2) is 27.1 Å². The standard InChI is InChI=1S/C8H10BrN3O/c1-11-5-6(4-10-11)12-3-2-7(9)8(12)13/h4-5,7H,2-3H2,1H3/t7-/m1/s1. The van der Waals surface area contributed by atoms with Gasteiger partial charge in [0.05, 0.1) is 16.7 Å². The van der Waals surface area contributed by atoms with Gasteiger partial charge in [0.25, 0.3) is 0 Å². The number of carbonyl (C=O) groups is 1. The lowest BCUT2D eigenvalue weighted by Crippen LogP contribution is -2.26. The van der Waals surface area contributed by atoms with Gasteiger partial charge >= 0.3 is 0 Å². The molecule has 2 rings (SSSR count). The molecule has 0 bridgehead atoms. The molecule has 1 saturated heterocycles. The second-order valence-electron chi connectivity index (χ2n) is 3.12. The zero-order chi connectivity index (χ0) is 9.42. The van der Waals surface area contributed by atoms with Crippen LogP contribution in [0.25, 0.3) is 0 Å². The molecule has 4 nitrogen and oxygen atoms in total. The fourth-order valence-corrected chi connectivity index (χ4v) is 1.90. The summed E-state index contributed by atoms with van der Waals surface area (Å²) in [5.74, 6) is 0.132. The van der Waals surface area contributed by atoms with Crippen molar-refractivity contribution in [2.75, 3.05) is 11.4 Å². The van der Waals surface area contributed by atoms with Crippen LogP contribution in [0.15, 0.2) is 12.4 Å². The van der Waals surface area contributed by atoms with Gasteiger partial charge < -0.3 is 4.90 Å². The number of aryl methyl sites for hydroxylation is 1. The van der Waals surface area contributed by atoms with E-state index in [9.17, 15) is 4.79 Å². The number of aromatic nitrogens is 2. The Morgan fingerprint density at radius 3 is 2.92 bits per heavy atom. The van der Waals surface area contributed by atoms with Gasteiger partial charge in [-0.2, -0.15) is 5.10 Å². The molecule has 0 radical (unpaired) electrons. The third-order valence-electron chi connectivity index (χ3n) is 2.14. The van der Waals surface area contributed by atoms with E-state index in [1.807, 2.05) is 13.2 Å². The van der Waals surface area contributed by atoms with Crippen molar-refractivity contribution >= 4 is 27.5 Å². The molecule has 1 atom stereocenters. The van der Waals surface area contributed by atoms with Gasteiger partial charge in [-0.3, -0.25) is 9.48 Å². The first-order valence-corrected chi connectivity index (χ1v) is 5.04. The highest BCUT2D eigenvalue weighted by Gasteiger charge is 2.30. The van der Waals surface area contributed by atoms with Gasteiger partial charge in [0.2, 0.25) is 5.91 Å². The van der Waals surface area contributed by atoms with E-state index in [2.05, 4.69) is 21.0 Å². The second kappa shape index (κ2) is 3.14. The SMILES string of the molecule is Cn1cc(N2CC[C@@H](Br)C2=O)cn1. The molecule has 5 heteroatoms. The van der Waals surface area contributed by atoms with Gasteiger partial charge in [-0.25, -0.2) is 0 Å². The molecule has 1 fully saturated rings. The number of nitrogens with zero attached hydrogens (tertiary/aromatic N) is 3. The number of hydrogen-bond acceptors (Lipinski definition) is 2. The van der Waals surface area contributed by atoms with Crippen LogP contribution in [0.1, 0.15) is 6.42 Å². The number of rotatable bonds is 1. The Labute approximate surface area is 84.6 Å². The summed E-state index contributed by atoms with van der Waals surface area (Å²) in [6.07, 6.45) is 4.43. The van der Waals surface area contributed by atoms with Crippen LogP contribution in [0, 0.1) is 0 Å². The fourth-order valence-electron chi connectivity index (χ4n) is 1.45. The zero-order valence-corrected chi connectivity index (χ0v) is 8.86. The van der Waals surface area contributed by atoms with E-state index >= 15 is 0 Å². The first kappa shape index (κ1) is 8.74. The van der Waals surface area contributed by atoms with Crippen molar-refractivity contribution < 1.29 is 4.79 Å². The van der Waals surface area contributed by atoms with Gasteiger partial charge in [-0.15, -0.1) is 0 Å². The Bertz CT molecular complexity index is 336. The number of amides is 1. The molecule has 1 aliphatic rings. The van der Waals surface area contributed by atoms with Gasteiger partial charge in [0.15, 0.2) is 0 Å². The lowest BCUT2D eigenvalue weighted by Gasteiger charge is -2.12. The van der Waals surface area contributed by atoms with Gasteiger partial charge in [0, 0.05) is 19.8 Å². The van der Waals surface area contributed by atoms with Gasteiger partial charge in [-0.1, -0.05) is 15.9 Å². The largest absolute Gasteiger partial charge is 0.308 e. The van der Waals surface area contributed by atoms with Gasteiger partial charge in [-0.05, 0) is 6.42 Å². The molecule has 0 aromatic carbocycles. The molecule has 1 aromatic heterocycles. The molecule has 1 aliphatic heterocycles. The van der Waals surface area contributed by atoms with E-state index in [-0.39, 0.29) is 10.7 Å². The fraction of sp³-hybridized carbons (Fsp3) is 0.500. The molecular formula is C8H10BrN3O. The minimum absolute atomic E-state index is 0.0206. The van der Waals surface area contributed by atoms with Crippen LogP contribution < -0.4 is 4.90 Å². The number of hydrogen-bond donors (Lipinski definition) is 0. The maximum Gasteiger partial charge on any atom is 0.240 e. The third kappa shape index (κ3) is 1.48. The van der Waals surface area contributed by atoms with E-state index in [0.29, 0.717) is 0 Å². The molecule has 70 valence electrons. The van der Waals surface area contributed by atoms with Crippen molar-refractivity contribution in [2.24, 2.45) is 7.05 Å². The van der Waals surface area contributed by atoms with Gasteiger partial charge in [0.1, 0.15) is 0 Å². The average molecular weight is 244 g/mol. The predicted octanol–water partition coefficient (Wildman–Crippen LogP) is 0.920. The highest BCUT2D eigenvalue weighted by molar-refractivity contribution is 9.10. The van der Waals surface area contributed by atoms with E-state index in [1.54, 1.807) is 15.8 Å². The van der Waals surface area contributed by atoms with E-state index in [4.69, 9.17) is 0 Å². The Morgan fingerprint density at radius 1 is 1.69 bits per heavy atom. The topological polar surface area (TPSA) is 38.1 Å². The maximum atomic E-state index is 11.6. The quantitative estimate of drug-likeness (QED) is 0.689. The summed E-state index contributed by atoms with van der Waals surface area (Å²) in [7, 11) is 1.84. The summed E-state index contributed by atoms with van der Waals surface area (Å²) >= 11 is 3.33. The highest BCUT2D eigenvalue weighted by Crippen LogP contribution is 2.24. The number of alkyl halides is 1. The smallest absolute Gasteiger partial charge is 0.240 e. The van der Waals surface area contributed by atoms with Crippen molar-refractivity contribution in [3.05, 3.63) is 12.4 Å². The Kier molecular flexibility index (Phi) is 2.11. The lowest BCUT2D eigenvalue weighted by atomic mass is 10.4. The van der Waals surface area contributed by atoms with Crippen LogP contribution >= 0.6 is 15.9 Å². The highest BCUT2D eigenvalue weighted by atomic mass is 79.9. The van der Waals surface area contributed by atoms with Crippen LogP contribution in [0.5, 0.6) is 0 Å². The Hall–Kier alpha value is -0.840. The minimum atomic E-state index is -0.0206. The molecule has 13 heavy (non-hydrogen) atoms. The summed E-state index contributed by atoms with van der Waals surface area (Å²) in [6.45, 7) is 0.778. The van der Waals surface area contributed by atoms with E-state index < -0.39 is 0 Å². The number of anilines is 1. The maximum absolute atomic E-state index is 11.6. The summed E-state index contributed by atoms with van der Waals surface area (Å²) in [5.41, 5.74) is 0.884. The zero-order valence-electron chi connectivity index (χ0n) is 7.27. The summed E-state index contributed by atoms with van der Waals surface area (Å²) < 4.78 is 1.70. The molecule has 0 aliphatic carbocycles. The molecule has 0 saturated carbocycles. The summed E-state index contributed by atoms with van der Waals surface area (Å²) in [4.78, 5) is 13.3. The molecule has 1 aromatic rings. The molecule has 0 spiro atoms. The van der Waals surface area contributed by atoms with Crippen molar-refractivity contribution in [2.45, 2.75) is 11.2 Å². The normalized spacial score (nSPS) is 22.8. The third-order valence-corrected chi connectivity index (χ3v) is 2.99. The molecule has 0 unspecified atom stereocenters. The van der Waals surface area contributed by atoms with Crippen LogP contribution in [-0.2, 0) is 11.8 Å². The number of halogens is 1. The number of carbonyl (C=O) groups excluding carboxylic acids is 1. The van der Waals surface area contributed by atoms with Crippen LogP contribution in [0.3, 0.4) is 0 Å².